The molecule has 2 rings (SSSR count). The van der Waals surface area contributed by atoms with E-state index in [1.807, 2.05) is 19.9 Å². The first kappa shape index (κ1) is 13.5. The molecule has 2 aromatic rings. The van der Waals surface area contributed by atoms with Crippen molar-refractivity contribution in [1.82, 2.24) is 14.8 Å². The van der Waals surface area contributed by atoms with Crippen LogP contribution in [0.25, 0.3) is 0 Å². The van der Waals surface area contributed by atoms with Crippen LogP contribution in [-0.4, -0.2) is 20.7 Å². The fraction of sp³-hybridized carbons (Fsp3) is 0.308. The Morgan fingerprint density at radius 3 is 2.84 bits per heavy atom. The maximum absolute atomic E-state index is 12.2. The second-order valence-electron chi connectivity index (χ2n) is 4.24. The van der Waals surface area contributed by atoms with E-state index < -0.39 is 0 Å². The minimum Gasteiger partial charge on any atom is -0.305 e. The molecule has 0 atom stereocenters. The molecule has 0 saturated heterocycles. The first-order chi connectivity index (χ1) is 9.02. The van der Waals surface area contributed by atoms with Gasteiger partial charge in [0.1, 0.15) is 11.5 Å². The fourth-order valence-electron chi connectivity index (χ4n) is 1.79. The summed E-state index contributed by atoms with van der Waals surface area (Å²) in [5.74, 6) is 0.202. The number of nitrogens with one attached hydrogen (secondary N) is 1. The topological polar surface area (TPSA) is 59.8 Å². The van der Waals surface area contributed by atoms with Crippen molar-refractivity contribution < 1.29 is 4.79 Å². The molecule has 0 spiro atoms. The second kappa shape index (κ2) is 5.40. The van der Waals surface area contributed by atoms with E-state index in [0.717, 1.165) is 5.56 Å². The Morgan fingerprint density at radius 1 is 1.47 bits per heavy atom. The third-order valence-electron chi connectivity index (χ3n) is 2.73. The number of halogens is 1. The van der Waals surface area contributed by atoms with Crippen LogP contribution in [0.1, 0.15) is 28.7 Å². The lowest BCUT2D eigenvalue weighted by Crippen LogP contribution is -2.18. The molecule has 0 aliphatic heterocycles. The van der Waals surface area contributed by atoms with Gasteiger partial charge in [0.05, 0.1) is 10.7 Å². The normalized spacial score (nSPS) is 10.5. The van der Waals surface area contributed by atoms with Gasteiger partial charge in [0, 0.05) is 12.7 Å². The number of rotatable bonds is 3. The quantitative estimate of drug-likeness (QED) is 0.939. The summed E-state index contributed by atoms with van der Waals surface area (Å²) in [6.07, 6.45) is 1.65. The molecule has 2 heterocycles. The van der Waals surface area contributed by atoms with Crippen molar-refractivity contribution in [3.63, 3.8) is 0 Å². The summed E-state index contributed by atoms with van der Waals surface area (Å²) in [4.78, 5) is 16.3. The Bertz CT molecular complexity index is 621. The lowest BCUT2D eigenvalue weighted by molar-refractivity contribution is 0.101. The minimum atomic E-state index is -0.300. The van der Waals surface area contributed by atoms with Crippen LogP contribution in [0.15, 0.2) is 18.3 Å². The maximum atomic E-state index is 12.2. The molecule has 0 bridgehead atoms. The Labute approximate surface area is 116 Å². The van der Waals surface area contributed by atoms with Gasteiger partial charge in [-0.15, -0.1) is 0 Å². The SMILES string of the molecule is CCn1nc(C)c(Cl)c1C(=O)Nc1cc(C)ccn1. The number of aromatic nitrogens is 3. The molecular formula is C13H15ClN4O. The lowest BCUT2D eigenvalue weighted by Gasteiger charge is -2.07. The summed E-state index contributed by atoms with van der Waals surface area (Å²) in [5.41, 5.74) is 2.03. The summed E-state index contributed by atoms with van der Waals surface area (Å²) < 4.78 is 1.59. The zero-order valence-corrected chi connectivity index (χ0v) is 11.8. The number of hydrogen-bond acceptors (Lipinski definition) is 3. The molecule has 0 fully saturated rings. The highest BCUT2D eigenvalue weighted by Gasteiger charge is 2.20. The van der Waals surface area contributed by atoms with Crippen molar-refractivity contribution >= 4 is 23.3 Å². The molecule has 0 unspecified atom stereocenters. The van der Waals surface area contributed by atoms with Crippen molar-refractivity contribution in [2.24, 2.45) is 0 Å². The van der Waals surface area contributed by atoms with E-state index in [2.05, 4.69) is 15.4 Å². The highest BCUT2D eigenvalue weighted by atomic mass is 35.5. The Kier molecular flexibility index (Phi) is 3.85. The molecule has 1 amide bonds. The minimum absolute atomic E-state index is 0.300. The van der Waals surface area contributed by atoms with Crippen molar-refractivity contribution in [1.29, 1.82) is 0 Å². The maximum Gasteiger partial charge on any atom is 0.276 e. The number of amides is 1. The predicted octanol–water partition coefficient (Wildman–Crippen LogP) is 2.82. The van der Waals surface area contributed by atoms with Crippen LogP contribution in [0, 0.1) is 13.8 Å². The first-order valence-electron chi connectivity index (χ1n) is 5.99. The van der Waals surface area contributed by atoms with Gasteiger partial charge < -0.3 is 5.32 Å². The molecule has 6 heteroatoms. The van der Waals surface area contributed by atoms with Gasteiger partial charge in [-0.05, 0) is 38.5 Å². The van der Waals surface area contributed by atoms with E-state index in [4.69, 9.17) is 11.6 Å². The molecule has 100 valence electrons. The van der Waals surface area contributed by atoms with Crippen LogP contribution in [0.3, 0.4) is 0 Å². The summed E-state index contributed by atoms with van der Waals surface area (Å²) >= 11 is 6.12. The average Bonchev–Trinajstić information content (AvgIpc) is 2.65. The second-order valence-corrected chi connectivity index (χ2v) is 4.61. The Balaban J connectivity index is 2.30. The van der Waals surface area contributed by atoms with Crippen molar-refractivity contribution in [2.75, 3.05) is 5.32 Å². The zero-order chi connectivity index (χ0) is 14.0. The summed E-state index contributed by atoms with van der Waals surface area (Å²) in [6.45, 7) is 6.20. The van der Waals surface area contributed by atoms with Crippen LogP contribution < -0.4 is 5.32 Å². The van der Waals surface area contributed by atoms with E-state index in [1.165, 1.54) is 0 Å². The smallest absolute Gasteiger partial charge is 0.276 e. The number of pyridine rings is 1. The number of carbonyl (C=O) groups is 1. The Hall–Kier alpha value is -1.88. The average molecular weight is 279 g/mol. The number of hydrogen-bond donors (Lipinski definition) is 1. The molecule has 5 nitrogen and oxygen atoms in total. The number of carbonyl (C=O) groups excluding carboxylic acids is 1. The van der Waals surface area contributed by atoms with E-state index >= 15 is 0 Å². The van der Waals surface area contributed by atoms with Crippen LogP contribution in [0.5, 0.6) is 0 Å². The number of anilines is 1. The van der Waals surface area contributed by atoms with Crippen LogP contribution in [-0.2, 0) is 6.54 Å². The monoisotopic (exact) mass is 278 g/mol. The molecular weight excluding hydrogens is 264 g/mol. The van der Waals surface area contributed by atoms with Gasteiger partial charge >= 0.3 is 0 Å². The van der Waals surface area contributed by atoms with Crippen LogP contribution in [0.4, 0.5) is 5.82 Å². The molecule has 0 saturated carbocycles. The van der Waals surface area contributed by atoms with Gasteiger partial charge in [-0.25, -0.2) is 4.98 Å². The van der Waals surface area contributed by atoms with Gasteiger partial charge in [-0.2, -0.15) is 5.10 Å². The molecule has 19 heavy (non-hydrogen) atoms. The molecule has 2 aromatic heterocycles. The highest BCUT2D eigenvalue weighted by molar-refractivity contribution is 6.34. The lowest BCUT2D eigenvalue weighted by atomic mass is 10.3. The van der Waals surface area contributed by atoms with Gasteiger partial charge in [0.15, 0.2) is 0 Å². The van der Waals surface area contributed by atoms with Gasteiger partial charge in [-0.1, -0.05) is 11.6 Å². The van der Waals surface area contributed by atoms with Gasteiger partial charge in [-0.3, -0.25) is 9.48 Å². The van der Waals surface area contributed by atoms with Crippen molar-refractivity contribution in [3.05, 3.63) is 40.3 Å². The largest absolute Gasteiger partial charge is 0.305 e. The molecule has 0 aliphatic carbocycles. The molecule has 0 aromatic carbocycles. The molecule has 0 aliphatic rings. The Morgan fingerprint density at radius 2 is 2.21 bits per heavy atom. The van der Waals surface area contributed by atoms with Gasteiger partial charge in [0.2, 0.25) is 0 Å². The van der Waals surface area contributed by atoms with Crippen LogP contribution in [0.2, 0.25) is 5.02 Å². The van der Waals surface area contributed by atoms with E-state index in [-0.39, 0.29) is 5.91 Å². The summed E-state index contributed by atoms with van der Waals surface area (Å²) in [5, 5.41) is 7.33. The van der Waals surface area contributed by atoms with Crippen molar-refractivity contribution in [3.8, 4) is 0 Å². The molecule has 0 radical (unpaired) electrons. The third-order valence-corrected chi connectivity index (χ3v) is 3.18. The zero-order valence-electron chi connectivity index (χ0n) is 11.1. The fourth-order valence-corrected chi connectivity index (χ4v) is 2.01. The van der Waals surface area contributed by atoms with E-state index in [9.17, 15) is 4.79 Å². The predicted molar refractivity (Wildman–Crippen MR) is 74.6 cm³/mol. The third kappa shape index (κ3) is 2.76. The van der Waals surface area contributed by atoms with E-state index in [1.54, 1.807) is 23.9 Å². The highest BCUT2D eigenvalue weighted by Crippen LogP contribution is 2.21. The summed E-state index contributed by atoms with van der Waals surface area (Å²) in [6, 6.07) is 3.66. The number of nitrogens with zero attached hydrogens (tertiary/aromatic N) is 3. The number of aryl methyl sites for hydroxylation is 3. The first-order valence-corrected chi connectivity index (χ1v) is 6.37. The van der Waals surface area contributed by atoms with Crippen LogP contribution >= 0.6 is 11.6 Å². The summed E-state index contributed by atoms with van der Waals surface area (Å²) in [7, 11) is 0. The standard InChI is InChI=1S/C13H15ClN4O/c1-4-18-12(11(14)9(3)17-18)13(19)16-10-7-8(2)5-6-15-10/h5-7H,4H2,1-3H3,(H,15,16,19). The van der Waals surface area contributed by atoms with Gasteiger partial charge in [0.25, 0.3) is 5.91 Å². The molecule has 1 N–H and O–H groups in total. The van der Waals surface area contributed by atoms with Crippen molar-refractivity contribution in [2.45, 2.75) is 27.3 Å². The van der Waals surface area contributed by atoms with E-state index in [0.29, 0.717) is 28.8 Å².